The molecule has 0 radical (unpaired) electrons. The number of anilines is 1. The number of likely N-dealkylation sites (tertiary alicyclic amines) is 1. The first-order valence-electron chi connectivity index (χ1n) is 14.0. The molecule has 1 aromatic heterocycles. The average molecular weight is 539 g/mol. The van der Waals surface area contributed by atoms with Gasteiger partial charge in [0, 0.05) is 58.3 Å². The van der Waals surface area contributed by atoms with E-state index < -0.39 is 17.6 Å². The van der Waals surface area contributed by atoms with Gasteiger partial charge < -0.3 is 14.5 Å². The fourth-order valence-electron chi connectivity index (χ4n) is 6.93. The maximum atomic E-state index is 13.3. The molecular weight excluding hydrogens is 500 g/mol. The molecule has 210 valence electrons. The summed E-state index contributed by atoms with van der Waals surface area (Å²) in [6.45, 7) is 10.7. The third-order valence-corrected chi connectivity index (χ3v) is 8.96. The summed E-state index contributed by atoms with van der Waals surface area (Å²) in [5.41, 5.74) is 1.96. The number of ether oxygens (including phenoxy) is 1. The van der Waals surface area contributed by atoms with E-state index in [1.165, 1.54) is 0 Å². The number of para-hydroxylation sites is 1. The van der Waals surface area contributed by atoms with Crippen molar-refractivity contribution in [2.45, 2.75) is 63.6 Å². The second kappa shape index (κ2) is 9.11. The van der Waals surface area contributed by atoms with E-state index in [-0.39, 0.29) is 29.6 Å². The van der Waals surface area contributed by atoms with Crippen molar-refractivity contribution in [1.29, 1.82) is 0 Å². The number of carbonyl (C=O) groups is 3. The highest BCUT2D eigenvalue weighted by Crippen LogP contribution is 2.54. The summed E-state index contributed by atoms with van der Waals surface area (Å²) < 4.78 is 8.77. The second-order valence-corrected chi connectivity index (χ2v) is 12.5. The van der Waals surface area contributed by atoms with E-state index in [1.54, 1.807) is 16.2 Å². The maximum absolute atomic E-state index is 13.3. The average Bonchev–Trinajstić information content (AvgIpc) is 3.58. The zero-order chi connectivity index (χ0) is 27.7. The molecule has 0 spiro atoms. The minimum Gasteiger partial charge on any atom is -0.444 e. The fraction of sp³-hybridized carbons (Fsp3) is 0.643. The largest absolute Gasteiger partial charge is 0.444 e. The van der Waals surface area contributed by atoms with Gasteiger partial charge in [0.1, 0.15) is 11.6 Å². The molecule has 0 bridgehead atoms. The van der Waals surface area contributed by atoms with E-state index in [4.69, 9.17) is 4.74 Å². The zero-order valence-corrected chi connectivity index (χ0v) is 23.2. The summed E-state index contributed by atoms with van der Waals surface area (Å²) in [6, 6.07) is 5.17. The van der Waals surface area contributed by atoms with Gasteiger partial charge in [0.2, 0.25) is 11.8 Å². The molecule has 11 nitrogen and oxygen atoms in total. The number of hydrogen-bond acceptors (Lipinski definition) is 7. The molecule has 4 aliphatic rings. The van der Waals surface area contributed by atoms with Gasteiger partial charge in [-0.2, -0.15) is 0 Å². The molecule has 3 saturated heterocycles. The van der Waals surface area contributed by atoms with Gasteiger partial charge in [-0.3, -0.25) is 28.9 Å². The highest BCUT2D eigenvalue weighted by molar-refractivity contribution is 6.00. The first-order valence-corrected chi connectivity index (χ1v) is 14.0. The summed E-state index contributed by atoms with van der Waals surface area (Å²) >= 11 is 0. The molecule has 3 aliphatic heterocycles. The lowest BCUT2D eigenvalue weighted by atomic mass is 10.0. The van der Waals surface area contributed by atoms with Crippen LogP contribution < -0.4 is 15.9 Å². The zero-order valence-electron chi connectivity index (χ0n) is 23.2. The van der Waals surface area contributed by atoms with Crippen LogP contribution in [0.4, 0.5) is 10.5 Å². The van der Waals surface area contributed by atoms with Gasteiger partial charge in [-0.05, 0) is 58.1 Å². The van der Waals surface area contributed by atoms with Crippen LogP contribution >= 0.6 is 0 Å². The normalized spacial score (nSPS) is 27.9. The van der Waals surface area contributed by atoms with E-state index in [0.29, 0.717) is 17.9 Å². The third-order valence-electron chi connectivity index (χ3n) is 8.96. The van der Waals surface area contributed by atoms with Gasteiger partial charge in [-0.1, -0.05) is 6.07 Å². The van der Waals surface area contributed by atoms with Crippen molar-refractivity contribution < 1.29 is 19.1 Å². The van der Waals surface area contributed by atoms with E-state index in [2.05, 4.69) is 15.1 Å². The quantitative estimate of drug-likeness (QED) is 0.594. The van der Waals surface area contributed by atoms with Crippen molar-refractivity contribution in [3.8, 4) is 0 Å². The van der Waals surface area contributed by atoms with Crippen LogP contribution in [0, 0.1) is 5.92 Å². The number of piperidine rings is 2. The molecule has 4 heterocycles. The fourth-order valence-corrected chi connectivity index (χ4v) is 6.93. The molecule has 1 aromatic carbocycles. The number of nitrogens with one attached hydrogen (secondary N) is 1. The number of aromatic nitrogens is 2. The van der Waals surface area contributed by atoms with Crippen molar-refractivity contribution in [3.05, 3.63) is 28.7 Å². The smallest absolute Gasteiger partial charge is 0.410 e. The Balaban J connectivity index is 1.16. The van der Waals surface area contributed by atoms with Gasteiger partial charge in [0.15, 0.2) is 0 Å². The molecule has 1 unspecified atom stereocenters. The van der Waals surface area contributed by atoms with Crippen LogP contribution in [0.1, 0.15) is 52.5 Å². The molecular formula is C28H38N6O5. The van der Waals surface area contributed by atoms with Crippen molar-refractivity contribution in [2.24, 2.45) is 13.0 Å². The summed E-state index contributed by atoms with van der Waals surface area (Å²) in [5, 5.41) is 2.38. The lowest BCUT2D eigenvalue weighted by Crippen LogP contribution is -2.55. The number of carbonyl (C=O) groups excluding carboxylic acids is 3. The highest BCUT2D eigenvalue weighted by Gasteiger charge is 2.60. The molecule has 1 saturated carbocycles. The molecule has 11 heteroatoms. The number of rotatable bonds is 3. The molecule has 39 heavy (non-hydrogen) atoms. The Morgan fingerprint density at radius 1 is 1.08 bits per heavy atom. The first kappa shape index (κ1) is 25.9. The Bertz CT molecular complexity index is 1400. The number of amides is 3. The lowest BCUT2D eigenvalue weighted by Gasteiger charge is -2.44. The van der Waals surface area contributed by atoms with Crippen LogP contribution in [0.15, 0.2) is 23.0 Å². The van der Waals surface area contributed by atoms with Crippen LogP contribution in [0.3, 0.4) is 0 Å². The number of hydrogen-bond donors (Lipinski definition) is 1. The van der Waals surface area contributed by atoms with E-state index in [0.717, 1.165) is 63.3 Å². The number of piperazine rings is 1. The predicted octanol–water partition coefficient (Wildman–Crippen LogP) is 1.84. The van der Waals surface area contributed by atoms with Crippen LogP contribution in [0.5, 0.6) is 0 Å². The Morgan fingerprint density at radius 2 is 1.82 bits per heavy atom. The molecule has 1 aliphatic carbocycles. The maximum Gasteiger partial charge on any atom is 0.410 e. The Kier molecular flexibility index (Phi) is 6.05. The van der Waals surface area contributed by atoms with Crippen LogP contribution in [0.25, 0.3) is 11.0 Å². The standard InChI is InChI=1S/C28H38N6O5/c1-27(2,3)39-26(38)32-11-10-28(16-18(28)17-32)33-14-12-31(13-15-33)19-6-5-7-20-23(19)30(4)25(37)34(20)21-8-9-22(35)29-24(21)36/h5-7,18,21H,8-17H2,1-4H3,(H,29,35,36)/t18-,21?,28-/m0/s1. The van der Waals surface area contributed by atoms with Gasteiger partial charge in [-0.25, -0.2) is 9.59 Å². The summed E-state index contributed by atoms with van der Waals surface area (Å²) in [7, 11) is 1.75. The van der Waals surface area contributed by atoms with Crippen LogP contribution in [-0.2, 0) is 21.4 Å². The number of aryl methyl sites for hydroxylation is 1. The molecule has 1 N–H and O–H groups in total. The van der Waals surface area contributed by atoms with Gasteiger partial charge in [0.05, 0.1) is 16.7 Å². The minimum atomic E-state index is -0.691. The summed E-state index contributed by atoms with van der Waals surface area (Å²) in [4.78, 5) is 56.9. The Morgan fingerprint density at radius 3 is 2.49 bits per heavy atom. The predicted molar refractivity (Wildman–Crippen MR) is 146 cm³/mol. The SMILES string of the molecule is Cn1c(=O)n(C2CCC(=O)NC2=O)c2cccc(N3CCN([C@]45CCN(C(=O)OC(C)(C)C)C[C@@H]4C5)CC3)c21. The molecule has 2 aromatic rings. The Labute approximate surface area is 227 Å². The van der Waals surface area contributed by atoms with E-state index in [1.807, 2.05) is 43.9 Å². The van der Waals surface area contributed by atoms with E-state index in [9.17, 15) is 19.2 Å². The first-order chi connectivity index (χ1) is 18.5. The monoisotopic (exact) mass is 538 g/mol. The van der Waals surface area contributed by atoms with Crippen molar-refractivity contribution in [1.82, 2.24) is 24.3 Å². The topological polar surface area (TPSA) is 109 Å². The number of imidazole rings is 1. The number of nitrogens with zero attached hydrogens (tertiary/aromatic N) is 5. The lowest BCUT2D eigenvalue weighted by molar-refractivity contribution is -0.135. The molecule has 4 fully saturated rings. The molecule has 6 rings (SSSR count). The number of fused-ring (bicyclic) bond motifs is 2. The molecule has 3 atom stereocenters. The van der Waals surface area contributed by atoms with E-state index >= 15 is 0 Å². The minimum absolute atomic E-state index is 0.179. The van der Waals surface area contributed by atoms with Gasteiger partial charge in [-0.15, -0.1) is 0 Å². The van der Waals surface area contributed by atoms with Crippen molar-refractivity contribution in [2.75, 3.05) is 44.2 Å². The van der Waals surface area contributed by atoms with Crippen LogP contribution in [-0.4, -0.2) is 87.3 Å². The van der Waals surface area contributed by atoms with Crippen molar-refractivity contribution >= 4 is 34.6 Å². The Hall–Kier alpha value is -3.34. The number of imide groups is 1. The summed E-state index contributed by atoms with van der Waals surface area (Å²) in [5.74, 6) is -0.232. The third kappa shape index (κ3) is 4.40. The van der Waals surface area contributed by atoms with Gasteiger partial charge >= 0.3 is 11.8 Å². The van der Waals surface area contributed by atoms with Gasteiger partial charge in [0.25, 0.3) is 0 Å². The van der Waals surface area contributed by atoms with Crippen molar-refractivity contribution in [3.63, 3.8) is 0 Å². The van der Waals surface area contributed by atoms with Crippen LogP contribution in [0.2, 0.25) is 0 Å². The number of benzene rings is 1. The summed E-state index contributed by atoms with van der Waals surface area (Å²) in [6.07, 6.45) is 2.41. The molecule has 3 amide bonds. The second-order valence-electron chi connectivity index (χ2n) is 12.5. The highest BCUT2D eigenvalue weighted by atomic mass is 16.6.